The molecule has 1 N–H and O–H groups in total. The molecule has 1 heterocycles. The van der Waals surface area contributed by atoms with E-state index in [1.54, 1.807) is 0 Å². The number of rotatable bonds is 3. The lowest BCUT2D eigenvalue weighted by Crippen LogP contribution is -2.32. The fraction of sp³-hybridized carbons (Fsp3) is 0.600. The van der Waals surface area contributed by atoms with E-state index in [-0.39, 0.29) is 0 Å². The van der Waals surface area contributed by atoms with E-state index >= 15 is 0 Å². The standard InChI is InChI=1S/C15H23BrN2/c1-12(13-5-7-14(16)8-6-13)17-15-4-3-10-18(2)11-9-15/h5-8,12,15,17H,3-4,9-11H2,1-2H3/t12-,15?/m1/s1. The molecule has 1 fully saturated rings. The van der Waals surface area contributed by atoms with Crippen molar-refractivity contribution in [3.63, 3.8) is 0 Å². The van der Waals surface area contributed by atoms with Gasteiger partial charge in [-0.3, -0.25) is 0 Å². The lowest BCUT2D eigenvalue weighted by Gasteiger charge is -2.22. The minimum Gasteiger partial charge on any atom is -0.307 e. The predicted molar refractivity (Wildman–Crippen MR) is 80.8 cm³/mol. The number of likely N-dealkylation sites (tertiary alicyclic amines) is 1. The maximum atomic E-state index is 3.77. The molecule has 3 heteroatoms. The maximum absolute atomic E-state index is 3.77. The van der Waals surface area contributed by atoms with E-state index in [1.807, 2.05) is 0 Å². The van der Waals surface area contributed by atoms with Gasteiger partial charge in [0.1, 0.15) is 0 Å². The Kier molecular flexibility index (Phi) is 5.22. The zero-order chi connectivity index (χ0) is 13.0. The van der Waals surface area contributed by atoms with Gasteiger partial charge in [0, 0.05) is 16.6 Å². The van der Waals surface area contributed by atoms with Crippen LogP contribution in [0.3, 0.4) is 0 Å². The van der Waals surface area contributed by atoms with Gasteiger partial charge < -0.3 is 10.2 Å². The van der Waals surface area contributed by atoms with Gasteiger partial charge in [0.25, 0.3) is 0 Å². The number of nitrogens with one attached hydrogen (secondary N) is 1. The van der Waals surface area contributed by atoms with E-state index < -0.39 is 0 Å². The second-order valence-corrected chi connectivity index (χ2v) is 6.29. The predicted octanol–water partition coefficient (Wildman–Crippen LogP) is 3.58. The molecule has 0 aromatic heterocycles. The summed E-state index contributed by atoms with van der Waals surface area (Å²) < 4.78 is 1.15. The van der Waals surface area contributed by atoms with Crippen LogP contribution in [-0.4, -0.2) is 31.1 Å². The van der Waals surface area contributed by atoms with Crippen LogP contribution in [0.5, 0.6) is 0 Å². The molecule has 1 aliphatic rings. The SMILES string of the molecule is C[C@@H](NC1CCCN(C)CC1)c1ccc(Br)cc1. The van der Waals surface area contributed by atoms with Gasteiger partial charge in [0.15, 0.2) is 0 Å². The van der Waals surface area contributed by atoms with Crippen molar-refractivity contribution in [2.24, 2.45) is 0 Å². The third-order valence-corrected chi connectivity index (χ3v) is 4.34. The lowest BCUT2D eigenvalue weighted by atomic mass is 10.0. The molecule has 1 aliphatic heterocycles. The molecule has 0 aliphatic carbocycles. The van der Waals surface area contributed by atoms with E-state index in [4.69, 9.17) is 0 Å². The fourth-order valence-corrected chi connectivity index (χ4v) is 2.87. The molecule has 2 rings (SSSR count). The Labute approximate surface area is 119 Å². The van der Waals surface area contributed by atoms with Crippen molar-refractivity contribution in [1.82, 2.24) is 10.2 Å². The van der Waals surface area contributed by atoms with Crippen LogP contribution < -0.4 is 5.32 Å². The molecule has 2 atom stereocenters. The quantitative estimate of drug-likeness (QED) is 0.918. The lowest BCUT2D eigenvalue weighted by molar-refractivity contribution is 0.340. The van der Waals surface area contributed by atoms with Gasteiger partial charge in [-0.25, -0.2) is 0 Å². The summed E-state index contributed by atoms with van der Waals surface area (Å²) in [5.74, 6) is 0. The molecule has 1 saturated heterocycles. The number of hydrogen-bond donors (Lipinski definition) is 1. The van der Waals surface area contributed by atoms with Crippen molar-refractivity contribution < 1.29 is 0 Å². The summed E-state index contributed by atoms with van der Waals surface area (Å²) in [6, 6.07) is 9.73. The van der Waals surface area contributed by atoms with Crippen LogP contribution in [0.2, 0.25) is 0 Å². The van der Waals surface area contributed by atoms with E-state index in [0.29, 0.717) is 12.1 Å². The van der Waals surface area contributed by atoms with Crippen LogP contribution in [0.15, 0.2) is 28.7 Å². The van der Waals surface area contributed by atoms with Gasteiger partial charge in [0.05, 0.1) is 0 Å². The number of halogens is 1. The Morgan fingerprint density at radius 3 is 2.67 bits per heavy atom. The van der Waals surface area contributed by atoms with E-state index in [1.165, 1.54) is 37.9 Å². The summed E-state index contributed by atoms with van der Waals surface area (Å²) in [5.41, 5.74) is 1.37. The van der Waals surface area contributed by atoms with Crippen molar-refractivity contribution in [3.05, 3.63) is 34.3 Å². The van der Waals surface area contributed by atoms with Gasteiger partial charge in [-0.2, -0.15) is 0 Å². The second kappa shape index (κ2) is 6.69. The fourth-order valence-electron chi connectivity index (χ4n) is 2.61. The minimum atomic E-state index is 0.437. The Bertz CT molecular complexity index is 363. The van der Waals surface area contributed by atoms with Gasteiger partial charge in [-0.05, 0) is 64.0 Å². The maximum Gasteiger partial charge on any atom is 0.0294 e. The molecular formula is C15H23BrN2. The monoisotopic (exact) mass is 310 g/mol. The summed E-state index contributed by atoms with van der Waals surface area (Å²) in [4.78, 5) is 2.44. The Morgan fingerprint density at radius 1 is 1.22 bits per heavy atom. The van der Waals surface area contributed by atoms with Crippen molar-refractivity contribution >= 4 is 15.9 Å². The van der Waals surface area contributed by atoms with Crippen LogP contribution >= 0.6 is 15.9 Å². The molecule has 2 nitrogen and oxygen atoms in total. The molecule has 0 radical (unpaired) electrons. The molecule has 0 spiro atoms. The first kappa shape index (κ1) is 14.0. The average molecular weight is 311 g/mol. The van der Waals surface area contributed by atoms with Gasteiger partial charge in [0.2, 0.25) is 0 Å². The van der Waals surface area contributed by atoms with Crippen molar-refractivity contribution in [3.8, 4) is 0 Å². The highest BCUT2D eigenvalue weighted by molar-refractivity contribution is 9.10. The molecule has 1 aromatic carbocycles. The number of nitrogens with zero attached hydrogens (tertiary/aromatic N) is 1. The molecule has 1 unspecified atom stereocenters. The van der Waals surface area contributed by atoms with Gasteiger partial charge in [-0.15, -0.1) is 0 Å². The summed E-state index contributed by atoms with van der Waals surface area (Å²) in [6.07, 6.45) is 3.86. The minimum absolute atomic E-state index is 0.437. The van der Waals surface area contributed by atoms with Crippen molar-refractivity contribution in [1.29, 1.82) is 0 Å². The number of benzene rings is 1. The normalized spacial score (nSPS) is 23.6. The molecule has 0 bridgehead atoms. The summed E-state index contributed by atoms with van der Waals surface area (Å²) in [5, 5.41) is 3.77. The molecule has 100 valence electrons. The van der Waals surface area contributed by atoms with Gasteiger partial charge in [-0.1, -0.05) is 28.1 Å². The first-order chi connectivity index (χ1) is 8.65. The van der Waals surface area contributed by atoms with Crippen LogP contribution in [0, 0.1) is 0 Å². The topological polar surface area (TPSA) is 15.3 Å². The summed E-state index contributed by atoms with van der Waals surface area (Å²) >= 11 is 3.48. The Hall–Kier alpha value is -0.380. The molecule has 18 heavy (non-hydrogen) atoms. The smallest absolute Gasteiger partial charge is 0.0294 e. The van der Waals surface area contributed by atoms with E-state index in [9.17, 15) is 0 Å². The van der Waals surface area contributed by atoms with Gasteiger partial charge >= 0.3 is 0 Å². The Balaban J connectivity index is 1.90. The third-order valence-electron chi connectivity index (χ3n) is 3.81. The molecular weight excluding hydrogens is 288 g/mol. The summed E-state index contributed by atoms with van der Waals surface area (Å²) in [7, 11) is 2.22. The molecule has 1 aromatic rings. The van der Waals surface area contributed by atoms with E-state index in [2.05, 4.69) is 64.4 Å². The first-order valence-corrected chi connectivity index (χ1v) is 7.64. The highest BCUT2D eigenvalue weighted by atomic mass is 79.9. The first-order valence-electron chi connectivity index (χ1n) is 6.85. The van der Waals surface area contributed by atoms with Crippen LogP contribution in [0.25, 0.3) is 0 Å². The third kappa shape index (κ3) is 4.08. The summed E-state index contributed by atoms with van der Waals surface area (Å²) in [6.45, 7) is 4.72. The zero-order valence-electron chi connectivity index (χ0n) is 11.3. The molecule has 0 saturated carbocycles. The average Bonchev–Trinajstić information content (AvgIpc) is 2.55. The van der Waals surface area contributed by atoms with E-state index in [0.717, 1.165) is 4.47 Å². The van der Waals surface area contributed by atoms with Crippen molar-refractivity contribution in [2.75, 3.05) is 20.1 Å². The number of hydrogen-bond acceptors (Lipinski definition) is 2. The van der Waals surface area contributed by atoms with Crippen LogP contribution in [-0.2, 0) is 0 Å². The second-order valence-electron chi connectivity index (χ2n) is 5.37. The van der Waals surface area contributed by atoms with Crippen LogP contribution in [0.1, 0.15) is 37.8 Å². The molecule has 0 amide bonds. The Morgan fingerprint density at radius 2 is 1.94 bits per heavy atom. The van der Waals surface area contributed by atoms with Crippen molar-refractivity contribution in [2.45, 2.75) is 38.3 Å². The highest BCUT2D eigenvalue weighted by Gasteiger charge is 2.17. The highest BCUT2D eigenvalue weighted by Crippen LogP contribution is 2.19. The van der Waals surface area contributed by atoms with Crippen LogP contribution in [0.4, 0.5) is 0 Å². The zero-order valence-corrected chi connectivity index (χ0v) is 12.9. The largest absolute Gasteiger partial charge is 0.307 e.